The second-order valence-corrected chi connectivity index (χ2v) is 18.0. The van der Waals surface area contributed by atoms with Crippen LogP contribution < -0.4 is 21.3 Å². The number of halogens is 3. The van der Waals surface area contributed by atoms with Gasteiger partial charge < -0.3 is 45.1 Å². The Morgan fingerprint density at radius 3 is 1.33 bits per heavy atom. The van der Waals surface area contributed by atoms with Gasteiger partial charge in [-0.25, -0.2) is 14.0 Å². The third kappa shape index (κ3) is 10.4. The standard InChI is InChI=1S/C46H52Br2FN7O8/c1-25(2)37(52-45(61)63-5)43(59)54-23-7-9-33(54)41(57)50-30-17-11-27(12-18-30)39-35(47)36(48)40(56(39)32-21-15-29(49)16-22-32)28-13-19-31(20-14-28)51-42(58)34-10-8-24-55(34)44(60)38(26(3)4)53-46(62)64-6/h11-22,25-26,33-34,37-38H,7-10,23-24H2,1-6H3,(H,50,57)(H,51,58)(H,52,61)(H,53,62). The molecule has 0 radical (unpaired) electrons. The van der Waals surface area contributed by atoms with Crippen molar-refractivity contribution >= 4 is 79.0 Å². The van der Waals surface area contributed by atoms with E-state index >= 15 is 0 Å². The zero-order chi connectivity index (χ0) is 46.4. The molecule has 0 spiro atoms. The van der Waals surface area contributed by atoms with Gasteiger partial charge in [0.05, 0.1) is 34.6 Å². The first kappa shape index (κ1) is 47.7. The number of amides is 6. The highest BCUT2D eigenvalue weighted by atomic mass is 79.9. The Morgan fingerprint density at radius 2 is 0.984 bits per heavy atom. The van der Waals surface area contributed by atoms with Gasteiger partial charge in [0, 0.05) is 30.2 Å². The summed E-state index contributed by atoms with van der Waals surface area (Å²) in [6.07, 6.45) is 0.760. The Morgan fingerprint density at radius 1 is 0.609 bits per heavy atom. The number of methoxy groups -OCH3 is 2. The third-order valence-corrected chi connectivity index (χ3v) is 13.5. The first-order chi connectivity index (χ1) is 30.5. The van der Waals surface area contributed by atoms with Crippen LogP contribution in [0.15, 0.2) is 81.7 Å². The van der Waals surface area contributed by atoms with E-state index < -0.39 is 42.2 Å². The van der Waals surface area contributed by atoms with Gasteiger partial charge in [0.25, 0.3) is 0 Å². The molecule has 15 nitrogen and oxygen atoms in total. The summed E-state index contributed by atoms with van der Waals surface area (Å²) >= 11 is 7.60. The number of likely N-dealkylation sites (tertiary alicyclic amines) is 2. The summed E-state index contributed by atoms with van der Waals surface area (Å²) in [6.45, 7) is 8.00. The maximum atomic E-state index is 14.3. The van der Waals surface area contributed by atoms with Crippen molar-refractivity contribution in [3.8, 4) is 28.2 Å². The fourth-order valence-corrected chi connectivity index (χ4v) is 9.30. The van der Waals surface area contributed by atoms with Gasteiger partial charge in [0.15, 0.2) is 0 Å². The van der Waals surface area contributed by atoms with E-state index in [1.165, 1.54) is 36.2 Å². The van der Waals surface area contributed by atoms with Crippen molar-refractivity contribution in [3.63, 3.8) is 0 Å². The van der Waals surface area contributed by atoms with Crippen LogP contribution in [0.5, 0.6) is 0 Å². The quantitative estimate of drug-likeness (QED) is 0.104. The van der Waals surface area contributed by atoms with Gasteiger partial charge in [-0.2, -0.15) is 0 Å². The molecule has 4 aromatic rings. The van der Waals surface area contributed by atoms with Crippen LogP contribution in [0, 0.1) is 17.7 Å². The predicted octanol–water partition coefficient (Wildman–Crippen LogP) is 8.10. The summed E-state index contributed by atoms with van der Waals surface area (Å²) in [4.78, 5) is 81.4. The number of ether oxygens (including phenoxy) is 2. The highest BCUT2D eigenvalue weighted by Gasteiger charge is 2.40. The Bertz CT molecular complexity index is 2230. The SMILES string of the molecule is COC(=O)NC(C(=O)N1CCCC1C(=O)Nc1ccc(-c2c(Br)c(Br)c(-c3ccc(NC(=O)C4CCCN4C(=O)C(NC(=O)OC)C(C)C)cc3)n2-c2ccc(F)cc2)cc1)C(C)C. The molecule has 3 heterocycles. The summed E-state index contributed by atoms with van der Waals surface area (Å²) in [5.74, 6) is -2.26. The number of nitrogens with zero attached hydrogens (tertiary/aromatic N) is 3. The van der Waals surface area contributed by atoms with Crippen molar-refractivity contribution in [2.75, 3.05) is 37.9 Å². The van der Waals surface area contributed by atoms with Gasteiger partial charge in [0.2, 0.25) is 23.6 Å². The lowest BCUT2D eigenvalue weighted by molar-refractivity contribution is -0.139. The average Bonchev–Trinajstić information content (AvgIpc) is 4.04. The minimum Gasteiger partial charge on any atom is -0.453 e. The number of alkyl carbamates (subject to hydrolysis) is 2. The Labute approximate surface area is 388 Å². The Kier molecular flexibility index (Phi) is 15.5. The molecule has 0 saturated carbocycles. The van der Waals surface area contributed by atoms with Crippen molar-refractivity contribution in [2.24, 2.45) is 11.8 Å². The molecule has 3 aromatic carbocycles. The monoisotopic (exact) mass is 1010 g/mol. The lowest BCUT2D eigenvalue weighted by Crippen LogP contribution is -2.54. The molecule has 340 valence electrons. The number of aromatic nitrogens is 1. The molecular weight excluding hydrogens is 957 g/mol. The van der Waals surface area contributed by atoms with Gasteiger partial charge in [-0.3, -0.25) is 19.2 Å². The lowest BCUT2D eigenvalue weighted by atomic mass is 10.0. The van der Waals surface area contributed by atoms with Crippen LogP contribution in [-0.4, -0.2) is 102 Å². The van der Waals surface area contributed by atoms with Crippen LogP contribution in [0.2, 0.25) is 0 Å². The smallest absolute Gasteiger partial charge is 0.407 e. The molecule has 6 rings (SSSR count). The summed E-state index contributed by atoms with van der Waals surface area (Å²) in [7, 11) is 2.45. The van der Waals surface area contributed by atoms with Crippen LogP contribution in [-0.2, 0) is 28.7 Å². The number of nitrogens with one attached hydrogen (secondary N) is 4. The first-order valence-corrected chi connectivity index (χ1v) is 22.6. The minimum absolute atomic E-state index is 0.235. The van der Waals surface area contributed by atoms with Crippen LogP contribution in [0.4, 0.5) is 25.4 Å². The molecule has 64 heavy (non-hydrogen) atoms. The third-order valence-electron chi connectivity index (χ3n) is 11.5. The largest absolute Gasteiger partial charge is 0.453 e. The summed E-state index contributed by atoms with van der Waals surface area (Å²) in [5.41, 5.74) is 4.64. The van der Waals surface area contributed by atoms with Gasteiger partial charge in [0.1, 0.15) is 30.0 Å². The van der Waals surface area contributed by atoms with E-state index in [0.717, 1.165) is 22.5 Å². The lowest BCUT2D eigenvalue weighted by Gasteiger charge is -2.30. The molecular formula is C46H52Br2FN7O8. The Hall–Kier alpha value is -5.75. The second kappa shape index (κ2) is 20.8. The van der Waals surface area contributed by atoms with E-state index in [4.69, 9.17) is 9.47 Å². The summed E-state index contributed by atoms with van der Waals surface area (Å²) < 4.78 is 27.1. The number of benzene rings is 3. The number of hydrogen-bond donors (Lipinski definition) is 4. The average molecular weight is 1010 g/mol. The van der Waals surface area contributed by atoms with Gasteiger partial charge >= 0.3 is 12.2 Å². The second-order valence-electron chi connectivity index (χ2n) is 16.4. The van der Waals surface area contributed by atoms with Crippen molar-refractivity contribution in [2.45, 2.75) is 77.5 Å². The molecule has 0 aliphatic carbocycles. The molecule has 2 fully saturated rings. The predicted molar refractivity (Wildman–Crippen MR) is 247 cm³/mol. The Balaban J connectivity index is 1.23. The van der Waals surface area contributed by atoms with Crippen molar-refractivity contribution in [3.05, 3.63) is 87.6 Å². The number of rotatable bonds is 13. The molecule has 4 atom stereocenters. The molecule has 2 saturated heterocycles. The van der Waals surface area contributed by atoms with Crippen LogP contribution >= 0.6 is 31.9 Å². The highest BCUT2D eigenvalue weighted by molar-refractivity contribution is 9.13. The van der Waals surface area contributed by atoms with E-state index in [1.54, 1.807) is 36.4 Å². The van der Waals surface area contributed by atoms with Crippen LogP contribution in [0.1, 0.15) is 53.4 Å². The maximum absolute atomic E-state index is 14.3. The fraction of sp³-hybridized carbons (Fsp3) is 0.391. The van der Waals surface area contributed by atoms with Gasteiger partial charge in [-0.05, 0) is 129 Å². The van der Waals surface area contributed by atoms with Crippen molar-refractivity contribution in [1.29, 1.82) is 0 Å². The summed E-state index contributed by atoms with van der Waals surface area (Å²) in [5, 5.41) is 11.1. The van der Waals surface area contributed by atoms with Gasteiger partial charge in [-0.1, -0.05) is 52.0 Å². The fourth-order valence-electron chi connectivity index (χ4n) is 8.11. The highest BCUT2D eigenvalue weighted by Crippen LogP contribution is 2.46. The molecule has 0 bridgehead atoms. The zero-order valence-corrected chi connectivity index (χ0v) is 39.5. The number of carbonyl (C=O) groups excluding carboxylic acids is 6. The minimum atomic E-state index is -0.853. The normalized spacial score (nSPS) is 16.9. The van der Waals surface area contributed by atoms with E-state index in [9.17, 15) is 33.2 Å². The van der Waals surface area contributed by atoms with Crippen LogP contribution in [0.25, 0.3) is 28.2 Å². The van der Waals surface area contributed by atoms with Gasteiger partial charge in [-0.15, -0.1) is 0 Å². The number of carbonyl (C=O) groups is 6. The van der Waals surface area contributed by atoms with Crippen LogP contribution in [0.3, 0.4) is 0 Å². The van der Waals surface area contributed by atoms with E-state index in [-0.39, 0.29) is 35.5 Å². The number of hydrogen-bond acceptors (Lipinski definition) is 8. The van der Waals surface area contributed by atoms with Crippen molar-refractivity contribution in [1.82, 2.24) is 25.0 Å². The molecule has 2 aliphatic heterocycles. The molecule has 6 amide bonds. The van der Waals surface area contributed by atoms with E-state index in [1.807, 2.05) is 56.5 Å². The summed E-state index contributed by atoms with van der Waals surface area (Å²) in [6, 6.07) is 17.4. The molecule has 4 N–H and O–H groups in total. The maximum Gasteiger partial charge on any atom is 0.407 e. The topological polar surface area (TPSA) is 180 Å². The first-order valence-electron chi connectivity index (χ1n) is 21.0. The zero-order valence-electron chi connectivity index (χ0n) is 36.4. The molecule has 2 aliphatic rings. The molecule has 4 unspecified atom stereocenters. The molecule has 1 aromatic heterocycles. The van der Waals surface area contributed by atoms with Crippen molar-refractivity contribution < 1.29 is 42.6 Å². The number of anilines is 2. The molecule has 18 heteroatoms. The van der Waals surface area contributed by atoms with E-state index in [0.29, 0.717) is 64.8 Å². The van der Waals surface area contributed by atoms with E-state index in [2.05, 4.69) is 53.1 Å².